The quantitative estimate of drug-likeness (QED) is 0.158. The fourth-order valence-corrected chi connectivity index (χ4v) is 12.1. The van der Waals surface area contributed by atoms with E-state index >= 15 is 0 Å². The molecule has 0 amide bonds. The van der Waals surface area contributed by atoms with Gasteiger partial charge in [0.25, 0.3) is 0 Å². The summed E-state index contributed by atoms with van der Waals surface area (Å²) in [6, 6.07) is 72.9. The average molecular weight is 746 g/mol. The van der Waals surface area contributed by atoms with Gasteiger partial charge in [0.1, 0.15) is 8.07 Å². The van der Waals surface area contributed by atoms with Crippen LogP contribution in [0.1, 0.15) is 0 Å². The molecule has 8 aromatic carbocycles. The standard InChI is InChI=1S/C53H39N3Si/c1-57(2)50-33-39(40-31-46(37-18-7-3-8-19-37)54-47(32-40)38-20-9-4-10-21-38)28-29-48(50)56-49-30-27-36-17-15-16-26-44(36)52(49)45-34-43(35-51(57)53(45)56)55(41-22-11-5-12-23-41)42-24-13-6-14-25-42/h3-35H,1-2H3. The highest BCUT2D eigenvalue weighted by Crippen LogP contribution is 2.43. The molecule has 0 radical (unpaired) electrons. The molecule has 1 aliphatic rings. The predicted octanol–water partition coefficient (Wildman–Crippen LogP) is 12.9. The maximum atomic E-state index is 5.20. The molecular formula is C53H39N3Si. The van der Waals surface area contributed by atoms with Crippen LogP contribution in [0.3, 0.4) is 0 Å². The molecule has 0 unspecified atom stereocenters. The van der Waals surface area contributed by atoms with Crippen LogP contribution >= 0.6 is 0 Å². The van der Waals surface area contributed by atoms with Gasteiger partial charge in [0.2, 0.25) is 0 Å². The van der Waals surface area contributed by atoms with E-state index in [4.69, 9.17) is 4.98 Å². The van der Waals surface area contributed by atoms with Crippen molar-refractivity contribution in [2.45, 2.75) is 13.1 Å². The van der Waals surface area contributed by atoms with Crippen LogP contribution in [-0.4, -0.2) is 17.6 Å². The fraction of sp³-hybridized carbons (Fsp3) is 0.0377. The smallest absolute Gasteiger partial charge is 0.117 e. The number of rotatable bonds is 6. The third kappa shape index (κ3) is 5.36. The highest BCUT2D eigenvalue weighted by atomic mass is 28.3. The second kappa shape index (κ2) is 13.0. The molecule has 57 heavy (non-hydrogen) atoms. The third-order valence-electron chi connectivity index (χ3n) is 11.9. The molecular weight excluding hydrogens is 707 g/mol. The van der Waals surface area contributed by atoms with Crippen LogP contribution in [0.4, 0.5) is 17.1 Å². The van der Waals surface area contributed by atoms with E-state index < -0.39 is 8.07 Å². The Morgan fingerprint density at radius 2 is 1.02 bits per heavy atom. The van der Waals surface area contributed by atoms with Crippen LogP contribution in [0.5, 0.6) is 0 Å². The van der Waals surface area contributed by atoms with Gasteiger partial charge in [-0.2, -0.15) is 0 Å². The maximum absolute atomic E-state index is 5.20. The van der Waals surface area contributed by atoms with E-state index in [0.29, 0.717) is 0 Å². The third-order valence-corrected chi connectivity index (χ3v) is 15.4. The number of para-hydroxylation sites is 2. The lowest BCUT2D eigenvalue weighted by Gasteiger charge is -2.35. The second-order valence-electron chi connectivity index (χ2n) is 15.6. The summed E-state index contributed by atoms with van der Waals surface area (Å²) in [6.45, 7) is 5.08. The minimum absolute atomic E-state index is 0.975. The molecule has 3 heterocycles. The van der Waals surface area contributed by atoms with Crippen LogP contribution in [0, 0.1) is 0 Å². The van der Waals surface area contributed by atoms with Crippen molar-refractivity contribution in [1.82, 2.24) is 9.55 Å². The molecule has 4 heteroatoms. The van der Waals surface area contributed by atoms with Gasteiger partial charge in [-0.25, -0.2) is 4.98 Å². The van der Waals surface area contributed by atoms with Gasteiger partial charge in [-0.15, -0.1) is 0 Å². The Kier molecular flexibility index (Phi) is 7.63. The van der Waals surface area contributed by atoms with E-state index in [2.05, 4.69) is 223 Å². The van der Waals surface area contributed by atoms with Crippen molar-refractivity contribution in [3.8, 4) is 39.3 Å². The molecule has 0 fully saturated rings. The van der Waals surface area contributed by atoms with Crippen molar-refractivity contribution in [3.05, 3.63) is 200 Å². The number of hydrogen-bond donors (Lipinski definition) is 0. The largest absolute Gasteiger partial charge is 0.310 e. The first kappa shape index (κ1) is 33.3. The van der Waals surface area contributed by atoms with Crippen LogP contribution < -0.4 is 15.3 Å². The van der Waals surface area contributed by atoms with Crippen LogP contribution in [0.2, 0.25) is 13.1 Å². The van der Waals surface area contributed by atoms with Gasteiger partial charge in [0.05, 0.1) is 22.4 Å². The van der Waals surface area contributed by atoms with E-state index in [1.165, 1.54) is 65.5 Å². The molecule has 0 atom stereocenters. The Morgan fingerprint density at radius 1 is 0.439 bits per heavy atom. The summed E-state index contributed by atoms with van der Waals surface area (Å²) in [6.07, 6.45) is 0. The molecule has 0 N–H and O–H groups in total. The summed E-state index contributed by atoms with van der Waals surface area (Å²) >= 11 is 0. The number of hydrogen-bond acceptors (Lipinski definition) is 2. The Labute approximate surface area is 333 Å². The zero-order valence-corrected chi connectivity index (χ0v) is 32.9. The summed E-state index contributed by atoms with van der Waals surface area (Å²) in [7, 11) is -2.35. The van der Waals surface area contributed by atoms with E-state index in [1.807, 2.05) is 0 Å². The summed E-state index contributed by atoms with van der Waals surface area (Å²) in [5, 5.41) is 8.03. The molecule has 3 nitrogen and oxygen atoms in total. The topological polar surface area (TPSA) is 21.1 Å². The SMILES string of the molecule is C[Si]1(C)c2cc(-c3cc(-c4ccccc4)nc(-c4ccccc4)c3)ccc2-n2c3ccc4ccccc4c3c3cc(N(c4ccccc4)c4ccccc4)cc1c32. The normalized spacial score (nSPS) is 12.9. The minimum Gasteiger partial charge on any atom is -0.310 e. The molecule has 0 spiro atoms. The summed E-state index contributed by atoms with van der Waals surface area (Å²) < 4.78 is 2.57. The van der Waals surface area contributed by atoms with E-state index in [-0.39, 0.29) is 0 Å². The lowest BCUT2D eigenvalue weighted by Crippen LogP contribution is -2.57. The molecule has 0 aliphatic carbocycles. The van der Waals surface area contributed by atoms with Crippen molar-refractivity contribution in [1.29, 1.82) is 0 Å². The number of pyridine rings is 1. The van der Waals surface area contributed by atoms with Crippen molar-refractivity contribution in [3.63, 3.8) is 0 Å². The number of anilines is 3. The summed E-state index contributed by atoms with van der Waals surface area (Å²) in [4.78, 5) is 7.62. The van der Waals surface area contributed by atoms with Crippen molar-refractivity contribution >= 4 is 68.1 Å². The maximum Gasteiger partial charge on any atom is 0.117 e. The predicted molar refractivity (Wildman–Crippen MR) is 244 cm³/mol. The van der Waals surface area contributed by atoms with E-state index in [9.17, 15) is 0 Å². The number of aromatic nitrogens is 2. The van der Waals surface area contributed by atoms with E-state index in [1.54, 1.807) is 0 Å². The Balaban J connectivity index is 1.19. The van der Waals surface area contributed by atoms with Crippen molar-refractivity contribution in [2.75, 3.05) is 4.90 Å². The summed E-state index contributed by atoms with van der Waals surface area (Å²) in [5.74, 6) is 0. The zero-order valence-electron chi connectivity index (χ0n) is 31.9. The van der Waals surface area contributed by atoms with Crippen LogP contribution in [0.25, 0.3) is 71.9 Å². The molecule has 270 valence electrons. The van der Waals surface area contributed by atoms with Crippen LogP contribution in [0.15, 0.2) is 200 Å². The van der Waals surface area contributed by atoms with Crippen molar-refractivity contribution in [2.24, 2.45) is 0 Å². The number of fused-ring (bicyclic) bond motifs is 7. The summed E-state index contributed by atoms with van der Waals surface area (Å²) in [5.41, 5.74) is 13.9. The second-order valence-corrected chi connectivity index (χ2v) is 20.0. The van der Waals surface area contributed by atoms with Gasteiger partial charge in [-0.1, -0.05) is 153 Å². The molecule has 0 saturated heterocycles. The highest BCUT2D eigenvalue weighted by molar-refractivity contribution is 7.03. The molecule has 1 aliphatic heterocycles. The average Bonchev–Trinajstić information content (AvgIpc) is 3.61. The number of nitrogens with zero attached hydrogens (tertiary/aromatic N) is 3. The Bertz CT molecular complexity index is 3040. The number of benzene rings is 8. The minimum atomic E-state index is -2.35. The first-order valence-electron chi connectivity index (χ1n) is 19.7. The highest BCUT2D eigenvalue weighted by Gasteiger charge is 2.38. The van der Waals surface area contributed by atoms with Crippen LogP contribution in [-0.2, 0) is 0 Å². The molecule has 0 saturated carbocycles. The lowest BCUT2D eigenvalue weighted by atomic mass is 9.99. The first-order chi connectivity index (χ1) is 28.0. The molecule has 10 aromatic rings. The van der Waals surface area contributed by atoms with Gasteiger partial charge < -0.3 is 9.47 Å². The van der Waals surface area contributed by atoms with Gasteiger partial charge in [-0.05, 0) is 92.9 Å². The monoisotopic (exact) mass is 745 g/mol. The van der Waals surface area contributed by atoms with Gasteiger partial charge in [0.15, 0.2) is 0 Å². The molecule has 0 bridgehead atoms. The Hall–Kier alpha value is -7.01. The molecule has 2 aromatic heterocycles. The van der Waals surface area contributed by atoms with Gasteiger partial charge in [0, 0.05) is 44.6 Å². The van der Waals surface area contributed by atoms with Gasteiger partial charge in [-0.3, -0.25) is 0 Å². The van der Waals surface area contributed by atoms with E-state index in [0.717, 1.165) is 33.9 Å². The molecule has 11 rings (SSSR count). The van der Waals surface area contributed by atoms with Gasteiger partial charge >= 0.3 is 0 Å². The fourth-order valence-electron chi connectivity index (χ4n) is 9.12. The lowest BCUT2D eigenvalue weighted by molar-refractivity contribution is 1.18. The first-order valence-corrected chi connectivity index (χ1v) is 22.7. The Morgan fingerprint density at radius 3 is 1.65 bits per heavy atom. The zero-order chi connectivity index (χ0) is 38.1. The van der Waals surface area contributed by atoms with Crippen molar-refractivity contribution < 1.29 is 0 Å².